The van der Waals surface area contributed by atoms with Crippen molar-refractivity contribution in [1.29, 1.82) is 0 Å². The van der Waals surface area contributed by atoms with Crippen LogP contribution in [0.25, 0.3) is 0 Å². The number of hydrogen-bond acceptors (Lipinski definition) is 5. The van der Waals surface area contributed by atoms with E-state index < -0.39 is 30.0 Å². The molecule has 138 valence electrons. The molecular weight excluding hydrogens is 361 g/mol. The molecule has 8 nitrogen and oxygen atoms in total. The molecule has 0 aliphatic carbocycles. The number of hydrogen-bond donors (Lipinski definition) is 4. The van der Waals surface area contributed by atoms with Crippen LogP contribution in [0.3, 0.4) is 0 Å². The van der Waals surface area contributed by atoms with Crippen LogP contribution in [0.4, 0.5) is 0 Å². The monoisotopic (exact) mass is 381 g/mol. The maximum Gasteiger partial charge on any atom is 1.00 e. The molecule has 1 saturated heterocycles. The second kappa shape index (κ2) is 9.70. The fourth-order valence-electron chi connectivity index (χ4n) is 2.61. The normalized spacial score (nSPS) is 18.7. The van der Waals surface area contributed by atoms with Gasteiger partial charge in [-0.3, -0.25) is 19.7 Å². The molecule has 4 N–H and O–H groups in total. The second-order valence-electron chi connectivity index (χ2n) is 6.01. The molecule has 0 saturated carbocycles. The Labute approximate surface area is 179 Å². The molecule has 1 aromatic carbocycles. The van der Waals surface area contributed by atoms with Gasteiger partial charge in [-0.1, -0.05) is 30.3 Å². The van der Waals surface area contributed by atoms with Crippen molar-refractivity contribution in [2.24, 2.45) is 0 Å². The van der Waals surface area contributed by atoms with Gasteiger partial charge in [-0.05, 0) is 17.7 Å². The van der Waals surface area contributed by atoms with Crippen molar-refractivity contribution in [2.45, 2.75) is 31.1 Å². The molecule has 1 fully saturated rings. The SMILES string of the molecule is O=C(NCc1ccco1)[C@H](Cc1ccccc1)NC(=O)[C@H]1N[C@@H]1C(=O)O.[H-].[Na+]. The van der Waals surface area contributed by atoms with Gasteiger partial charge in [0.1, 0.15) is 23.9 Å². The first-order valence-electron chi connectivity index (χ1n) is 8.18. The molecule has 0 bridgehead atoms. The molecule has 2 aromatic rings. The van der Waals surface area contributed by atoms with Crippen LogP contribution in [0.1, 0.15) is 12.8 Å². The second-order valence-corrected chi connectivity index (χ2v) is 6.01. The van der Waals surface area contributed by atoms with Crippen LogP contribution < -0.4 is 45.5 Å². The maximum absolute atomic E-state index is 12.5. The van der Waals surface area contributed by atoms with Crippen molar-refractivity contribution >= 4 is 17.8 Å². The van der Waals surface area contributed by atoms with Crippen molar-refractivity contribution in [2.75, 3.05) is 0 Å². The van der Waals surface area contributed by atoms with Crippen molar-refractivity contribution in [1.82, 2.24) is 16.0 Å². The van der Waals surface area contributed by atoms with E-state index in [2.05, 4.69) is 16.0 Å². The maximum atomic E-state index is 12.5. The zero-order valence-corrected chi connectivity index (χ0v) is 16.8. The third-order valence-corrected chi connectivity index (χ3v) is 4.06. The number of carbonyl (C=O) groups is 3. The molecule has 2 amide bonds. The summed E-state index contributed by atoms with van der Waals surface area (Å²) in [7, 11) is 0. The van der Waals surface area contributed by atoms with Gasteiger partial charge in [-0.15, -0.1) is 0 Å². The van der Waals surface area contributed by atoms with E-state index in [0.717, 1.165) is 5.56 Å². The van der Waals surface area contributed by atoms with Gasteiger partial charge < -0.3 is 21.6 Å². The first kappa shape index (κ1) is 21.2. The average molecular weight is 381 g/mol. The van der Waals surface area contributed by atoms with E-state index in [1.54, 1.807) is 12.1 Å². The van der Waals surface area contributed by atoms with Gasteiger partial charge in [0.25, 0.3) is 0 Å². The van der Waals surface area contributed by atoms with Gasteiger partial charge in [-0.2, -0.15) is 0 Å². The Kier molecular flexibility index (Phi) is 7.61. The van der Waals surface area contributed by atoms with Crippen molar-refractivity contribution in [3.63, 3.8) is 0 Å². The van der Waals surface area contributed by atoms with E-state index in [1.165, 1.54) is 6.26 Å². The van der Waals surface area contributed by atoms with E-state index in [0.29, 0.717) is 12.2 Å². The van der Waals surface area contributed by atoms with E-state index in [-0.39, 0.29) is 43.4 Å². The number of carboxylic acid groups (broad SMARTS) is 1. The molecule has 1 aliphatic heterocycles. The Morgan fingerprint density at radius 2 is 1.89 bits per heavy atom. The fraction of sp³-hybridized carbons (Fsp3) is 0.278. The number of carbonyl (C=O) groups excluding carboxylic acids is 2. The summed E-state index contributed by atoms with van der Waals surface area (Å²) < 4.78 is 5.17. The van der Waals surface area contributed by atoms with Gasteiger partial charge >= 0.3 is 35.5 Å². The summed E-state index contributed by atoms with van der Waals surface area (Å²) in [4.78, 5) is 35.6. The quantitative estimate of drug-likeness (QED) is 0.288. The Hall–Kier alpha value is -2.13. The predicted molar refractivity (Wildman–Crippen MR) is 92.1 cm³/mol. The zero-order valence-electron chi connectivity index (χ0n) is 15.8. The van der Waals surface area contributed by atoms with E-state index in [9.17, 15) is 14.4 Å². The zero-order chi connectivity index (χ0) is 18.5. The van der Waals surface area contributed by atoms with Crippen molar-refractivity contribution < 1.29 is 54.9 Å². The minimum atomic E-state index is -1.09. The van der Waals surface area contributed by atoms with Crippen LogP contribution in [-0.2, 0) is 27.3 Å². The van der Waals surface area contributed by atoms with Gasteiger partial charge in [0, 0.05) is 6.42 Å². The van der Waals surface area contributed by atoms with Crippen LogP contribution in [-0.4, -0.2) is 41.0 Å². The minimum absolute atomic E-state index is 0. The summed E-state index contributed by atoms with van der Waals surface area (Å²) >= 11 is 0. The largest absolute Gasteiger partial charge is 1.00 e. The predicted octanol–water partition coefficient (Wildman–Crippen LogP) is -2.84. The van der Waals surface area contributed by atoms with Gasteiger partial charge in [0.05, 0.1) is 12.8 Å². The third kappa shape index (κ3) is 5.93. The first-order chi connectivity index (χ1) is 12.5. The van der Waals surface area contributed by atoms with E-state index in [1.807, 2.05) is 30.3 Å². The summed E-state index contributed by atoms with van der Waals surface area (Å²) in [6.07, 6.45) is 1.80. The summed E-state index contributed by atoms with van der Waals surface area (Å²) in [5.41, 5.74) is 0.879. The molecule has 3 rings (SSSR count). The number of benzene rings is 1. The van der Waals surface area contributed by atoms with Crippen molar-refractivity contribution in [3.05, 3.63) is 60.1 Å². The topological polar surface area (TPSA) is 131 Å². The Bertz CT molecular complexity index is 788. The Morgan fingerprint density at radius 1 is 1.15 bits per heavy atom. The smallest absolute Gasteiger partial charge is 1.00 e. The average Bonchev–Trinajstić information content (AvgIpc) is 3.29. The molecule has 1 aliphatic rings. The fourth-order valence-corrected chi connectivity index (χ4v) is 2.61. The molecule has 9 heteroatoms. The van der Waals surface area contributed by atoms with Crippen molar-refractivity contribution in [3.8, 4) is 0 Å². The Balaban J connectivity index is 0.00000196. The number of carboxylic acids is 1. The van der Waals surface area contributed by atoms with Crippen LogP contribution in [0.2, 0.25) is 0 Å². The Morgan fingerprint density at radius 3 is 2.48 bits per heavy atom. The molecule has 0 spiro atoms. The van der Waals surface area contributed by atoms with Gasteiger partial charge in [-0.25, -0.2) is 0 Å². The molecule has 0 unspecified atom stereocenters. The number of amides is 2. The molecular formula is C18H20N3NaO5. The van der Waals surface area contributed by atoms with E-state index in [4.69, 9.17) is 9.52 Å². The van der Waals surface area contributed by atoms with Gasteiger partial charge in [0.15, 0.2) is 0 Å². The van der Waals surface area contributed by atoms with Crippen LogP contribution in [0, 0.1) is 0 Å². The number of rotatable bonds is 8. The summed E-state index contributed by atoms with van der Waals surface area (Å²) in [6.45, 7) is 0.201. The molecule has 1 aromatic heterocycles. The van der Waals surface area contributed by atoms with E-state index >= 15 is 0 Å². The van der Waals surface area contributed by atoms with Crippen LogP contribution >= 0.6 is 0 Å². The standard InChI is InChI=1S/C18H19N3O5.Na.H/c22-16(19-10-12-7-4-8-26-12)13(9-11-5-2-1-3-6-11)20-17(23)14-15(21-14)18(24)25;;/h1-8,13-15,21H,9-10H2,(H,19,22)(H,20,23)(H,24,25);;/q;+1;-1/t13-,14-,15-;;/m0../s1. The molecule has 0 radical (unpaired) electrons. The number of aliphatic carboxylic acids is 1. The molecule has 27 heavy (non-hydrogen) atoms. The first-order valence-corrected chi connectivity index (χ1v) is 8.18. The number of nitrogens with one attached hydrogen (secondary N) is 3. The van der Waals surface area contributed by atoms with Gasteiger partial charge in [0.2, 0.25) is 11.8 Å². The van der Waals surface area contributed by atoms with Crippen LogP contribution in [0.5, 0.6) is 0 Å². The number of furan rings is 1. The minimum Gasteiger partial charge on any atom is -1.00 e. The third-order valence-electron chi connectivity index (χ3n) is 4.06. The summed E-state index contributed by atoms with van der Waals surface area (Å²) in [5, 5.41) is 16.8. The van der Waals surface area contributed by atoms with Crippen LogP contribution in [0.15, 0.2) is 53.1 Å². The summed E-state index contributed by atoms with van der Waals surface area (Å²) in [6, 6.07) is 10.2. The molecule has 2 heterocycles. The molecule has 3 atom stereocenters. The summed E-state index contributed by atoms with van der Waals surface area (Å²) in [5.74, 6) is -1.37.